The lowest BCUT2D eigenvalue weighted by Gasteiger charge is -2.26. The lowest BCUT2D eigenvalue weighted by atomic mass is 9.80. The van der Waals surface area contributed by atoms with Gasteiger partial charge in [0.2, 0.25) is 0 Å². The van der Waals surface area contributed by atoms with E-state index >= 15 is 0 Å². The van der Waals surface area contributed by atoms with Crippen LogP contribution in [0.25, 0.3) is 0 Å². The molecule has 2 aliphatic carbocycles. The summed E-state index contributed by atoms with van der Waals surface area (Å²) in [6.45, 7) is 0.548. The molecule has 0 bridgehead atoms. The highest BCUT2D eigenvalue weighted by Gasteiger charge is 2.53. The maximum absolute atomic E-state index is 10.6. The molecule has 0 radical (unpaired) electrons. The van der Waals surface area contributed by atoms with Crippen LogP contribution in [-0.2, 0) is 4.79 Å². The zero-order valence-corrected chi connectivity index (χ0v) is 7.12. The molecule has 0 aromatic carbocycles. The Morgan fingerprint density at radius 2 is 2.08 bits per heavy atom. The summed E-state index contributed by atoms with van der Waals surface area (Å²) in [6, 6.07) is 0. The average molecular weight is 169 g/mol. The fourth-order valence-corrected chi connectivity index (χ4v) is 2.71. The molecule has 0 unspecified atom stereocenters. The van der Waals surface area contributed by atoms with Crippen molar-refractivity contribution in [2.75, 3.05) is 6.54 Å². The molecule has 0 aromatic rings. The Labute approximate surface area is 71.9 Å². The van der Waals surface area contributed by atoms with Crippen molar-refractivity contribution in [3.63, 3.8) is 0 Å². The minimum atomic E-state index is -0.693. The highest BCUT2D eigenvalue weighted by Crippen LogP contribution is 2.60. The summed E-state index contributed by atoms with van der Waals surface area (Å²) in [5, 5.41) is 8.72. The van der Waals surface area contributed by atoms with Crippen molar-refractivity contribution in [3.05, 3.63) is 0 Å². The summed E-state index contributed by atoms with van der Waals surface area (Å²) in [5.74, 6) is 0.933. The number of nitrogens with two attached hydrogens (primary N) is 1. The summed E-state index contributed by atoms with van der Waals surface area (Å²) < 4.78 is 0. The van der Waals surface area contributed by atoms with Crippen molar-refractivity contribution >= 4 is 5.97 Å². The fourth-order valence-electron chi connectivity index (χ4n) is 2.71. The lowest BCUT2D eigenvalue weighted by Crippen LogP contribution is -2.31. The third kappa shape index (κ3) is 1.22. The molecule has 0 aliphatic heterocycles. The van der Waals surface area contributed by atoms with Crippen LogP contribution in [0.3, 0.4) is 0 Å². The normalized spacial score (nSPS) is 44.1. The zero-order valence-electron chi connectivity index (χ0n) is 7.12. The van der Waals surface area contributed by atoms with Crippen molar-refractivity contribution in [2.24, 2.45) is 23.0 Å². The van der Waals surface area contributed by atoms with E-state index in [2.05, 4.69) is 0 Å². The summed E-state index contributed by atoms with van der Waals surface area (Å²) >= 11 is 0. The van der Waals surface area contributed by atoms with Crippen molar-refractivity contribution in [1.82, 2.24) is 0 Å². The molecule has 0 heterocycles. The van der Waals surface area contributed by atoms with Gasteiger partial charge in [-0.25, -0.2) is 0 Å². The number of hydrogen-bond acceptors (Lipinski definition) is 2. The minimum absolute atomic E-state index is 0.0422. The monoisotopic (exact) mass is 169 g/mol. The van der Waals surface area contributed by atoms with Gasteiger partial charge in [0.15, 0.2) is 0 Å². The third-order valence-electron chi connectivity index (χ3n) is 3.42. The molecule has 68 valence electrons. The van der Waals surface area contributed by atoms with Crippen LogP contribution in [0, 0.1) is 17.3 Å². The number of rotatable bonds is 3. The van der Waals surface area contributed by atoms with Crippen LogP contribution in [0.5, 0.6) is 0 Å². The van der Waals surface area contributed by atoms with Crippen molar-refractivity contribution in [1.29, 1.82) is 0 Å². The van der Waals surface area contributed by atoms with Crippen LogP contribution >= 0.6 is 0 Å². The predicted octanol–water partition coefficient (Wildman–Crippen LogP) is 0.836. The lowest BCUT2D eigenvalue weighted by molar-refractivity contribution is -0.139. The van der Waals surface area contributed by atoms with E-state index in [0.29, 0.717) is 6.54 Å². The van der Waals surface area contributed by atoms with E-state index in [1.165, 1.54) is 6.42 Å². The van der Waals surface area contributed by atoms with E-state index < -0.39 is 5.97 Å². The number of carbonyl (C=O) groups is 1. The largest absolute Gasteiger partial charge is 0.481 e. The Morgan fingerprint density at radius 3 is 2.50 bits per heavy atom. The highest BCUT2D eigenvalue weighted by molar-refractivity contribution is 5.67. The molecule has 3 heteroatoms. The molecule has 0 aromatic heterocycles. The van der Waals surface area contributed by atoms with Gasteiger partial charge in [-0.2, -0.15) is 0 Å². The van der Waals surface area contributed by atoms with Crippen LogP contribution in [-0.4, -0.2) is 17.6 Å². The summed E-state index contributed by atoms with van der Waals surface area (Å²) in [6.07, 6.45) is 3.71. The molecular formula is C9H15NO2. The second-order valence-corrected chi connectivity index (χ2v) is 4.44. The van der Waals surface area contributed by atoms with Crippen molar-refractivity contribution in [3.8, 4) is 0 Å². The molecule has 0 spiro atoms. The first-order valence-corrected chi connectivity index (χ1v) is 4.57. The molecular weight excluding hydrogens is 154 g/mol. The molecule has 0 amide bonds. The summed E-state index contributed by atoms with van der Waals surface area (Å²) in [4.78, 5) is 10.6. The van der Waals surface area contributed by atoms with Crippen LogP contribution < -0.4 is 5.73 Å². The Morgan fingerprint density at radius 1 is 1.50 bits per heavy atom. The number of hydrogen-bond donors (Lipinski definition) is 2. The van der Waals surface area contributed by atoms with Gasteiger partial charge in [-0.1, -0.05) is 0 Å². The Balaban J connectivity index is 2.00. The van der Waals surface area contributed by atoms with Gasteiger partial charge < -0.3 is 10.8 Å². The van der Waals surface area contributed by atoms with Gasteiger partial charge in [-0.15, -0.1) is 0 Å². The highest BCUT2D eigenvalue weighted by atomic mass is 16.4. The molecule has 0 saturated heterocycles. The van der Waals surface area contributed by atoms with E-state index in [-0.39, 0.29) is 11.8 Å². The predicted molar refractivity (Wildman–Crippen MR) is 44.6 cm³/mol. The Bertz CT molecular complexity index is 205. The standard InChI is InChI=1S/C9H15NO2/c10-5-9(4-8(11)12)2-6-1-7(6)3-9/h6-7H,1-5,10H2,(H,11,12)/t6-,7+,9+. The van der Waals surface area contributed by atoms with Gasteiger partial charge in [0.1, 0.15) is 0 Å². The minimum Gasteiger partial charge on any atom is -0.481 e. The maximum atomic E-state index is 10.6. The first-order chi connectivity index (χ1) is 5.65. The van der Waals surface area contributed by atoms with E-state index in [0.717, 1.165) is 24.7 Å². The molecule has 3 atom stereocenters. The van der Waals surface area contributed by atoms with Crippen LogP contribution in [0.15, 0.2) is 0 Å². The molecule has 2 saturated carbocycles. The van der Waals surface area contributed by atoms with E-state index in [1.54, 1.807) is 0 Å². The molecule has 2 rings (SSSR count). The fraction of sp³-hybridized carbons (Fsp3) is 0.889. The van der Waals surface area contributed by atoms with Gasteiger partial charge in [0.05, 0.1) is 6.42 Å². The summed E-state index contributed by atoms with van der Waals surface area (Å²) in [5.41, 5.74) is 5.59. The molecule has 2 fully saturated rings. The first-order valence-electron chi connectivity index (χ1n) is 4.57. The van der Waals surface area contributed by atoms with Gasteiger partial charge in [-0.05, 0) is 43.1 Å². The topological polar surface area (TPSA) is 63.3 Å². The van der Waals surface area contributed by atoms with Crippen molar-refractivity contribution < 1.29 is 9.90 Å². The van der Waals surface area contributed by atoms with Gasteiger partial charge in [0, 0.05) is 0 Å². The average Bonchev–Trinajstić information content (AvgIpc) is 2.59. The first kappa shape index (κ1) is 8.05. The van der Waals surface area contributed by atoms with E-state index in [9.17, 15) is 4.79 Å². The van der Waals surface area contributed by atoms with E-state index in [4.69, 9.17) is 10.8 Å². The number of carboxylic acid groups (broad SMARTS) is 1. The Kier molecular flexibility index (Phi) is 1.65. The van der Waals surface area contributed by atoms with E-state index in [1.807, 2.05) is 0 Å². The molecule has 12 heavy (non-hydrogen) atoms. The summed E-state index contributed by atoms with van der Waals surface area (Å²) in [7, 11) is 0. The number of aliphatic carboxylic acids is 1. The van der Waals surface area contributed by atoms with Crippen LogP contribution in [0.4, 0.5) is 0 Å². The number of carboxylic acids is 1. The maximum Gasteiger partial charge on any atom is 0.303 e. The van der Waals surface area contributed by atoms with Crippen LogP contribution in [0.2, 0.25) is 0 Å². The quantitative estimate of drug-likeness (QED) is 0.658. The van der Waals surface area contributed by atoms with Crippen LogP contribution in [0.1, 0.15) is 25.7 Å². The van der Waals surface area contributed by atoms with Gasteiger partial charge in [-0.3, -0.25) is 4.79 Å². The SMILES string of the molecule is NC[C@@]1(CC(=O)O)C[C@H]2C[C@H]2C1. The molecule has 3 N–H and O–H groups in total. The van der Waals surface area contributed by atoms with Gasteiger partial charge >= 0.3 is 5.97 Å². The Hall–Kier alpha value is -0.570. The third-order valence-corrected chi connectivity index (χ3v) is 3.42. The second-order valence-electron chi connectivity index (χ2n) is 4.44. The second kappa shape index (κ2) is 2.46. The smallest absolute Gasteiger partial charge is 0.303 e. The zero-order chi connectivity index (χ0) is 8.77. The number of fused-ring (bicyclic) bond motifs is 1. The van der Waals surface area contributed by atoms with Gasteiger partial charge in [0.25, 0.3) is 0 Å². The van der Waals surface area contributed by atoms with Crippen molar-refractivity contribution in [2.45, 2.75) is 25.7 Å². The molecule has 2 aliphatic rings. The molecule has 3 nitrogen and oxygen atoms in total.